The Morgan fingerprint density at radius 1 is 0.938 bits per heavy atom. The number of nitrogens with one attached hydrogen (secondary N) is 2. The van der Waals surface area contributed by atoms with Crippen LogP contribution in [0, 0.1) is 5.92 Å². The molecule has 3 rings (SSSR count). The summed E-state index contributed by atoms with van der Waals surface area (Å²) in [6.45, 7) is 5.66. The van der Waals surface area contributed by atoms with Gasteiger partial charge in [0.2, 0.25) is 5.91 Å². The topological polar surface area (TPSA) is 105 Å². The van der Waals surface area contributed by atoms with Crippen molar-refractivity contribution in [1.82, 2.24) is 10.6 Å². The van der Waals surface area contributed by atoms with E-state index in [1.807, 2.05) is 50.2 Å². The van der Waals surface area contributed by atoms with Crippen molar-refractivity contribution in [3.63, 3.8) is 0 Å². The van der Waals surface area contributed by atoms with Gasteiger partial charge < -0.3 is 20.5 Å². The fourth-order valence-electron chi connectivity index (χ4n) is 4.14. The van der Waals surface area contributed by atoms with Gasteiger partial charge in [0.05, 0.1) is 6.42 Å². The fraction of sp³-hybridized carbons (Fsp3) is 0.400. The summed E-state index contributed by atoms with van der Waals surface area (Å²) in [7, 11) is 0. The second kappa shape index (κ2) is 10.3. The third kappa shape index (κ3) is 5.66. The Labute approximate surface area is 188 Å². The first kappa shape index (κ1) is 23.3. The molecular weight excluding hydrogens is 408 g/mol. The molecule has 3 N–H and O–H groups in total. The molecule has 0 heterocycles. The molecule has 2 aromatic carbocycles. The average molecular weight is 439 g/mol. The van der Waals surface area contributed by atoms with Gasteiger partial charge in [0.25, 0.3) is 0 Å². The molecule has 1 aliphatic carbocycles. The van der Waals surface area contributed by atoms with Crippen molar-refractivity contribution in [2.24, 2.45) is 5.92 Å². The van der Waals surface area contributed by atoms with Crippen molar-refractivity contribution in [3.05, 3.63) is 59.7 Å². The highest BCUT2D eigenvalue weighted by Gasteiger charge is 2.30. The zero-order valence-electron chi connectivity index (χ0n) is 18.6. The largest absolute Gasteiger partial charge is 0.481 e. The van der Waals surface area contributed by atoms with Gasteiger partial charge in [-0.15, -0.1) is 0 Å². The number of carbonyl (C=O) groups excluding carboxylic acids is 2. The molecule has 170 valence electrons. The molecule has 2 atom stereocenters. The second-order valence-corrected chi connectivity index (χ2v) is 8.66. The van der Waals surface area contributed by atoms with Crippen LogP contribution in [-0.4, -0.2) is 41.8 Å². The lowest BCUT2D eigenvalue weighted by Crippen LogP contribution is -2.50. The quantitative estimate of drug-likeness (QED) is 0.550. The smallest absolute Gasteiger partial charge is 0.407 e. The molecule has 1 aliphatic rings. The van der Waals surface area contributed by atoms with Gasteiger partial charge in [-0.05, 0) is 41.5 Å². The summed E-state index contributed by atoms with van der Waals surface area (Å²) in [5.41, 5.74) is 4.50. The van der Waals surface area contributed by atoms with E-state index < -0.39 is 30.1 Å². The first-order valence-corrected chi connectivity index (χ1v) is 10.9. The minimum atomic E-state index is -0.997. The number of amides is 2. The van der Waals surface area contributed by atoms with Crippen LogP contribution in [0.1, 0.15) is 50.7 Å². The Bertz CT molecular complexity index is 942. The number of carboxylic acid groups (broad SMARTS) is 1. The van der Waals surface area contributed by atoms with Crippen molar-refractivity contribution in [1.29, 1.82) is 0 Å². The van der Waals surface area contributed by atoms with E-state index in [-0.39, 0.29) is 24.9 Å². The number of hydrogen-bond donors (Lipinski definition) is 3. The molecule has 0 saturated heterocycles. The van der Waals surface area contributed by atoms with E-state index >= 15 is 0 Å². The van der Waals surface area contributed by atoms with Crippen molar-refractivity contribution >= 4 is 18.0 Å². The van der Waals surface area contributed by atoms with E-state index in [1.54, 1.807) is 6.92 Å². The molecular formula is C25H30N2O5. The van der Waals surface area contributed by atoms with Crippen molar-refractivity contribution in [3.8, 4) is 11.1 Å². The van der Waals surface area contributed by atoms with Gasteiger partial charge in [0, 0.05) is 12.0 Å². The molecule has 0 aliphatic heterocycles. The van der Waals surface area contributed by atoms with Gasteiger partial charge in [0.15, 0.2) is 0 Å². The number of ether oxygens (including phenoxy) is 1. The molecule has 7 heteroatoms. The van der Waals surface area contributed by atoms with Crippen LogP contribution in [0.3, 0.4) is 0 Å². The summed E-state index contributed by atoms with van der Waals surface area (Å²) in [5.74, 6) is -1.33. The monoisotopic (exact) mass is 438 g/mol. The van der Waals surface area contributed by atoms with Gasteiger partial charge in [-0.3, -0.25) is 9.59 Å². The summed E-state index contributed by atoms with van der Waals surface area (Å²) in [5, 5.41) is 14.2. The zero-order valence-corrected chi connectivity index (χ0v) is 18.6. The predicted octanol–water partition coefficient (Wildman–Crippen LogP) is 3.92. The van der Waals surface area contributed by atoms with Gasteiger partial charge in [-0.2, -0.15) is 0 Å². The van der Waals surface area contributed by atoms with Gasteiger partial charge in [-0.1, -0.05) is 62.4 Å². The average Bonchev–Trinajstić information content (AvgIpc) is 3.04. The van der Waals surface area contributed by atoms with Crippen LogP contribution in [0.15, 0.2) is 48.5 Å². The number of alkyl carbamates (subject to hydrolysis) is 1. The maximum Gasteiger partial charge on any atom is 0.407 e. The molecule has 0 saturated carbocycles. The lowest BCUT2D eigenvalue weighted by atomic mass is 9.98. The van der Waals surface area contributed by atoms with Crippen molar-refractivity contribution in [2.75, 3.05) is 6.61 Å². The van der Waals surface area contributed by atoms with Gasteiger partial charge in [-0.25, -0.2) is 4.79 Å². The van der Waals surface area contributed by atoms with Crippen LogP contribution in [0.5, 0.6) is 0 Å². The third-order valence-electron chi connectivity index (χ3n) is 5.53. The minimum Gasteiger partial charge on any atom is -0.481 e. The molecule has 2 amide bonds. The van der Waals surface area contributed by atoms with E-state index in [1.165, 1.54) is 0 Å². The molecule has 0 spiro atoms. The Kier molecular flexibility index (Phi) is 7.51. The van der Waals surface area contributed by atoms with E-state index in [0.717, 1.165) is 22.3 Å². The van der Waals surface area contributed by atoms with Crippen LogP contribution in [0.2, 0.25) is 0 Å². The molecule has 0 bridgehead atoms. The Balaban J connectivity index is 1.64. The lowest BCUT2D eigenvalue weighted by molar-refractivity contribution is -0.137. The van der Waals surface area contributed by atoms with Crippen molar-refractivity contribution < 1.29 is 24.2 Å². The maximum atomic E-state index is 12.6. The van der Waals surface area contributed by atoms with Crippen LogP contribution < -0.4 is 10.6 Å². The predicted molar refractivity (Wildman–Crippen MR) is 121 cm³/mol. The standard InChI is InChI=1S/C25H30N2O5/c1-15(2)12-22(24(30)26-16(3)13-23(28)29)27-25(31)32-14-21-19-10-6-4-8-17(19)18-9-5-7-11-20(18)21/h4-11,15-16,21-22H,12-14H2,1-3H3,(H,26,30)(H,27,31)(H,28,29)/t16?,22-/m0/s1. The first-order chi connectivity index (χ1) is 15.3. The molecule has 2 aromatic rings. The number of aliphatic carboxylic acids is 1. The summed E-state index contributed by atoms with van der Waals surface area (Å²) in [6.07, 6.45) is -0.445. The number of carbonyl (C=O) groups is 3. The van der Waals surface area contributed by atoms with Crippen LogP contribution >= 0.6 is 0 Å². The number of hydrogen-bond acceptors (Lipinski definition) is 4. The zero-order chi connectivity index (χ0) is 23.3. The fourth-order valence-corrected chi connectivity index (χ4v) is 4.14. The first-order valence-electron chi connectivity index (χ1n) is 10.9. The highest BCUT2D eigenvalue weighted by molar-refractivity contribution is 5.86. The SMILES string of the molecule is CC(C)C[C@H](NC(=O)OCC1c2ccccc2-c2ccccc21)C(=O)NC(C)CC(=O)O. The van der Waals surface area contributed by atoms with E-state index in [9.17, 15) is 14.4 Å². The van der Waals surface area contributed by atoms with E-state index in [4.69, 9.17) is 9.84 Å². The number of benzene rings is 2. The molecule has 1 unspecified atom stereocenters. The minimum absolute atomic E-state index is 0.0684. The van der Waals surface area contributed by atoms with E-state index in [2.05, 4.69) is 22.8 Å². The van der Waals surface area contributed by atoms with E-state index in [0.29, 0.717) is 6.42 Å². The normalized spacial score (nSPS) is 14.2. The maximum absolute atomic E-state index is 12.6. The van der Waals surface area contributed by atoms with Crippen molar-refractivity contribution in [2.45, 2.75) is 51.6 Å². The van der Waals surface area contributed by atoms with Crippen LogP contribution in [0.25, 0.3) is 11.1 Å². The second-order valence-electron chi connectivity index (χ2n) is 8.66. The lowest BCUT2D eigenvalue weighted by Gasteiger charge is -2.22. The third-order valence-corrected chi connectivity index (χ3v) is 5.53. The summed E-state index contributed by atoms with van der Waals surface area (Å²) >= 11 is 0. The molecule has 0 aromatic heterocycles. The molecule has 0 radical (unpaired) electrons. The van der Waals surface area contributed by atoms with Crippen LogP contribution in [0.4, 0.5) is 4.79 Å². The molecule has 0 fully saturated rings. The van der Waals surface area contributed by atoms with Crippen LogP contribution in [-0.2, 0) is 14.3 Å². The Morgan fingerprint density at radius 2 is 1.50 bits per heavy atom. The summed E-state index contributed by atoms with van der Waals surface area (Å²) in [6, 6.07) is 14.8. The highest BCUT2D eigenvalue weighted by atomic mass is 16.5. The highest BCUT2D eigenvalue weighted by Crippen LogP contribution is 2.44. The Hall–Kier alpha value is -3.35. The van der Waals surface area contributed by atoms with Gasteiger partial charge >= 0.3 is 12.1 Å². The number of fused-ring (bicyclic) bond motifs is 3. The molecule has 32 heavy (non-hydrogen) atoms. The van der Waals surface area contributed by atoms with Gasteiger partial charge in [0.1, 0.15) is 12.6 Å². The summed E-state index contributed by atoms with van der Waals surface area (Å²) in [4.78, 5) is 36.1. The summed E-state index contributed by atoms with van der Waals surface area (Å²) < 4.78 is 5.55. The number of rotatable bonds is 9. The number of carboxylic acids is 1. The molecule has 7 nitrogen and oxygen atoms in total. The Morgan fingerprint density at radius 3 is 2.03 bits per heavy atom.